The van der Waals surface area contributed by atoms with Crippen molar-refractivity contribution in [2.45, 2.75) is 5.92 Å². The van der Waals surface area contributed by atoms with Gasteiger partial charge in [0.25, 0.3) is 5.91 Å². The van der Waals surface area contributed by atoms with Crippen molar-refractivity contribution in [2.24, 2.45) is 0 Å². The molecule has 1 atom stereocenters. The van der Waals surface area contributed by atoms with Crippen molar-refractivity contribution < 1.29 is 14.3 Å². The van der Waals surface area contributed by atoms with Gasteiger partial charge in [-0.3, -0.25) is 14.6 Å². The summed E-state index contributed by atoms with van der Waals surface area (Å²) in [5.74, 6) is -0.461. The number of aromatic nitrogens is 2. The minimum atomic E-state index is -0.541. The van der Waals surface area contributed by atoms with Crippen molar-refractivity contribution in [3.8, 4) is 11.6 Å². The molecule has 1 aliphatic heterocycles. The molecule has 1 fully saturated rings. The van der Waals surface area contributed by atoms with Gasteiger partial charge in [-0.1, -0.05) is 18.2 Å². The Morgan fingerprint density at radius 1 is 1.14 bits per heavy atom. The Balaban J connectivity index is 1.76. The quantitative estimate of drug-likeness (QED) is 0.796. The molecule has 1 aromatic carbocycles. The van der Waals surface area contributed by atoms with E-state index in [1.807, 2.05) is 30.3 Å². The second kappa shape index (κ2) is 5.32. The summed E-state index contributed by atoms with van der Waals surface area (Å²) >= 11 is 0. The second-order valence-corrected chi connectivity index (χ2v) is 4.80. The van der Waals surface area contributed by atoms with E-state index in [1.54, 1.807) is 7.05 Å². The molecule has 3 rings (SSSR count). The number of ether oxygens (including phenoxy) is 1. The Bertz CT molecular complexity index is 670. The van der Waals surface area contributed by atoms with Crippen LogP contribution in [-0.2, 0) is 9.59 Å². The first-order valence-corrected chi connectivity index (χ1v) is 6.49. The summed E-state index contributed by atoms with van der Waals surface area (Å²) in [4.78, 5) is 33.0. The van der Waals surface area contributed by atoms with Crippen LogP contribution in [0.2, 0.25) is 0 Å². The number of rotatable bonds is 3. The van der Waals surface area contributed by atoms with Crippen molar-refractivity contribution in [3.05, 3.63) is 48.4 Å². The summed E-state index contributed by atoms with van der Waals surface area (Å²) in [5, 5.41) is 0. The van der Waals surface area contributed by atoms with E-state index < -0.39 is 17.6 Å². The minimum absolute atomic E-state index is 0.339. The molecule has 1 aromatic heterocycles. The third-order valence-electron chi connectivity index (χ3n) is 3.30. The van der Waals surface area contributed by atoms with Crippen LogP contribution < -0.4 is 4.74 Å². The summed E-state index contributed by atoms with van der Waals surface area (Å²) in [6, 6.07) is 9.22. The van der Waals surface area contributed by atoms with Gasteiger partial charge in [-0.15, -0.1) is 0 Å². The molecular formula is C15H13N3O3. The van der Waals surface area contributed by atoms with Gasteiger partial charge in [0.2, 0.25) is 11.7 Å². The Kier molecular flexibility index (Phi) is 3.35. The molecule has 2 heterocycles. The van der Waals surface area contributed by atoms with Crippen LogP contribution in [0, 0.1) is 0 Å². The maximum Gasteiger partial charge on any atom is 0.290 e. The van der Waals surface area contributed by atoms with E-state index in [0.29, 0.717) is 23.9 Å². The van der Waals surface area contributed by atoms with Gasteiger partial charge in [-0.25, -0.2) is 4.98 Å². The fraction of sp³-hybridized carbons (Fsp3) is 0.200. The Morgan fingerprint density at radius 3 is 2.48 bits per heavy atom. The van der Waals surface area contributed by atoms with Gasteiger partial charge in [-0.05, 0) is 12.1 Å². The molecular weight excluding hydrogens is 270 g/mol. The monoisotopic (exact) mass is 283 g/mol. The second-order valence-electron chi connectivity index (χ2n) is 4.80. The summed E-state index contributed by atoms with van der Waals surface area (Å²) in [6.45, 7) is 0.339. The lowest BCUT2D eigenvalue weighted by Gasteiger charge is -2.08. The summed E-state index contributed by atoms with van der Waals surface area (Å²) in [7, 11) is 1.60. The third-order valence-corrected chi connectivity index (χ3v) is 3.30. The average molecular weight is 283 g/mol. The first-order chi connectivity index (χ1) is 10.1. The van der Waals surface area contributed by atoms with Crippen molar-refractivity contribution in [3.63, 3.8) is 0 Å². The lowest BCUT2D eigenvalue weighted by molar-refractivity contribution is -0.139. The highest BCUT2D eigenvalue weighted by Gasteiger charge is 2.38. The van der Waals surface area contributed by atoms with Crippen LogP contribution in [0.4, 0.5) is 0 Å². The van der Waals surface area contributed by atoms with Crippen molar-refractivity contribution >= 4 is 11.7 Å². The zero-order valence-electron chi connectivity index (χ0n) is 11.4. The SMILES string of the molecule is CN1CC(c2cnc(Oc3ccccc3)cn2)C(=O)C1=O. The van der Waals surface area contributed by atoms with Gasteiger partial charge in [0, 0.05) is 13.6 Å². The van der Waals surface area contributed by atoms with E-state index in [-0.39, 0.29) is 0 Å². The topological polar surface area (TPSA) is 72.4 Å². The predicted molar refractivity (Wildman–Crippen MR) is 73.9 cm³/mol. The largest absolute Gasteiger partial charge is 0.438 e. The van der Waals surface area contributed by atoms with Crippen LogP contribution in [0.3, 0.4) is 0 Å². The molecule has 0 aliphatic carbocycles. The zero-order chi connectivity index (χ0) is 14.8. The predicted octanol–water partition coefficient (Wildman–Crippen LogP) is 1.39. The molecule has 1 amide bonds. The number of likely N-dealkylation sites (tertiary alicyclic amines) is 1. The molecule has 0 spiro atoms. The molecule has 0 radical (unpaired) electrons. The average Bonchev–Trinajstić information content (AvgIpc) is 2.77. The Morgan fingerprint density at radius 2 is 1.90 bits per heavy atom. The van der Waals surface area contributed by atoms with E-state index in [4.69, 9.17) is 4.74 Å². The molecule has 6 nitrogen and oxygen atoms in total. The third kappa shape index (κ3) is 2.60. The molecule has 2 aromatic rings. The van der Waals surface area contributed by atoms with Gasteiger partial charge < -0.3 is 9.64 Å². The summed E-state index contributed by atoms with van der Waals surface area (Å²) in [6.07, 6.45) is 2.94. The van der Waals surface area contributed by atoms with Gasteiger partial charge >= 0.3 is 0 Å². The minimum Gasteiger partial charge on any atom is -0.438 e. The Hall–Kier alpha value is -2.76. The van der Waals surface area contributed by atoms with Crippen molar-refractivity contribution in [1.82, 2.24) is 14.9 Å². The molecule has 106 valence electrons. The van der Waals surface area contributed by atoms with E-state index in [2.05, 4.69) is 9.97 Å². The summed E-state index contributed by atoms with van der Waals surface area (Å²) < 4.78 is 5.53. The molecule has 0 saturated carbocycles. The molecule has 1 unspecified atom stereocenters. The van der Waals surface area contributed by atoms with E-state index in [9.17, 15) is 9.59 Å². The number of likely N-dealkylation sites (N-methyl/N-ethyl adjacent to an activating group) is 1. The molecule has 0 N–H and O–H groups in total. The number of carbonyl (C=O) groups excluding carboxylic acids is 2. The van der Waals surface area contributed by atoms with Crippen molar-refractivity contribution in [1.29, 1.82) is 0 Å². The van der Waals surface area contributed by atoms with Crippen LogP contribution in [-0.4, -0.2) is 40.2 Å². The Labute approximate surface area is 121 Å². The van der Waals surface area contributed by atoms with Gasteiger partial charge in [-0.2, -0.15) is 0 Å². The summed E-state index contributed by atoms with van der Waals surface area (Å²) in [5.41, 5.74) is 0.484. The van der Waals surface area contributed by atoms with Crippen molar-refractivity contribution in [2.75, 3.05) is 13.6 Å². The lowest BCUT2D eigenvalue weighted by atomic mass is 10.0. The molecule has 1 aliphatic rings. The van der Waals surface area contributed by atoms with Crippen LogP contribution in [0.5, 0.6) is 11.6 Å². The number of Topliss-reactive ketones (excluding diaryl/α,β-unsaturated/α-hetero) is 1. The van der Waals surface area contributed by atoms with Crippen LogP contribution >= 0.6 is 0 Å². The fourth-order valence-electron chi connectivity index (χ4n) is 2.17. The van der Waals surface area contributed by atoms with Gasteiger partial charge in [0.15, 0.2) is 0 Å². The maximum absolute atomic E-state index is 11.8. The highest BCUT2D eigenvalue weighted by molar-refractivity contribution is 6.40. The first kappa shape index (κ1) is 13.2. The maximum atomic E-state index is 11.8. The number of carbonyl (C=O) groups is 2. The number of amides is 1. The van der Waals surface area contributed by atoms with Crippen LogP contribution in [0.25, 0.3) is 0 Å². The van der Waals surface area contributed by atoms with Gasteiger partial charge in [0.05, 0.1) is 24.0 Å². The van der Waals surface area contributed by atoms with E-state index in [1.165, 1.54) is 17.3 Å². The van der Waals surface area contributed by atoms with E-state index in [0.717, 1.165) is 0 Å². The number of nitrogens with zero attached hydrogens (tertiary/aromatic N) is 3. The normalized spacial score (nSPS) is 18.1. The highest BCUT2D eigenvalue weighted by atomic mass is 16.5. The van der Waals surface area contributed by atoms with Crippen LogP contribution in [0.15, 0.2) is 42.7 Å². The molecule has 21 heavy (non-hydrogen) atoms. The standard InChI is InChI=1S/C15H13N3O3/c1-18-9-11(14(19)15(18)20)12-7-17-13(8-16-12)21-10-5-3-2-4-6-10/h2-8,11H,9H2,1H3. The molecule has 1 saturated heterocycles. The number of hydrogen-bond donors (Lipinski definition) is 0. The fourth-order valence-corrected chi connectivity index (χ4v) is 2.17. The number of para-hydroxylation sites is 1. The highest BCUT2D eigenvalue weighted by Crippen LogP contribution is 2.24. The number of ketones is 1. The van der Waals surface area contributed by atoms with E-state index >= 15 is 0 Å². The van der Waals surface area contributed by atoms with Gasteiger partial charge in [0.1, 0.15) is 5.75 Å². The first-order valence-electron chi connectivity index (χ1n) is 6.49. The molecule has 0 bridgehead atoms. The van der Waals surface area contributed by atoms with Crippen LogP contribution in [0.1, 0.15) is 11.6 Å². The smallest absolute Gasteiger partial charge is 0.290 e. The number of hydrogen-bond acceptors (Lipinski definition) is 5. The zero-order valence-corrected chi connectivity index (χ0v) is 11.4. The number of benzene rings is 1. The molecule has 6 heteroatoms. The lowest BCUT2D eigenvalue weighted by Crippen LogP contribution is -2.22.